The molecule has 0 spiro atoms. The molecule has 0 aliphatic rings. The van der Waals surface area contributed by atoms with Gasteiger partial charge in [0.05, 0.1) is 6.42 Å². The van der Waals surface area contributed by atoms with Gasteiger partial charge < -0.3 is 9.84 Å². The summed E-state index contributed by atoms with van der Waals surface area (Å²) in [6.45, 7) is 1.03. The third kappa shape index (κ3) is 7.09. The molecule has 0 aliphatic carbocycles. The number of ketones is 1. The fourth-order valence-corrected chi connectivity index (χ4v) is 0.786. The molecule has 0 amide bonds. The molecule has 8 heteroatoms. The SMILES string of the molecule is CC(=O)/C=C(/CCC(=O)O)OC(=O)C(F)(F)F. The van der Waals surface area contributed by atoms with E-state index in [4.69, 9.17) is 5.11 Å². The van der Waals surface area contributed by atoms with Crippen LogP contribution in [0.3, 0.4) is 0 Å². The largest absolute Gasteiger partial charge is 0.491 e. The Kier molecular flexibility index (Phi) is 5.36. The quantitative estimate of drug-likeness (QED) is 0.456. The molecule has 0 aliphatic heterocycles. The highest BCUT2D eigenvalue weighted by molar-refractivity contribution is 5.88. The predicted molar refractivity (Wildman–Crippen MR) is 47.8 cm³/mol. The van der Waals surface area contributed by atoms with Crippen LogP contribution in [-0.2, 0) is 19.1 Å². The van der Waals surface area contributed by atoms with Crippen LogP contribution in [0.4, 0.5) is 13.2 Å². The lowest BCUT2D eigenvalue weighted by atomic mass is 10.2. The second kappa shape index (κ2) is 6.02. The van der Waals surface area contributed by atoms with Crippen LogP contribution in [-0.4, -0.2) is 29.0 Å². The van der Waals surface area contributed by atoms with Crippen LogP contribution in [0.2, 0.25) is 0 Å². The van der Waals surface area contributed by atoms with Gasteiger partial charge in [-0.2, -0.15) is 13.2 Å². The standard InChI is InChI=1S/C9H9F3O5/c1-5(13)4-6(2-3-7(14)15)17-8(16)9(10,11)12/h4H,2-3H2,1H3,(H,14,15)/b6-4-. The van der Waals surface area contributed by atoms with Crippen molar-refractivity contribution in [1.29, 1.82) is 0 Å². The van der Waals surface area contributed by atoms with Gasteiger partial charge in [-0.3, -0.25) is 9.59 Å². The Hall–Kier alpha value is -1.86. The first kappa shape index (κ1) is 15.1. The van der Waals surface area contributed by atoms with Gasteiger partial charge in [0.2, 0.25) is 0 Å². The van der Waals surface area contributed by atoms with Gasteiger partial charge in [0, 0.05) is 12.5 Å². The van der Waals surface area contributed by atoms with Crippen molar-refractivity contribution in [3.63, 3.8) is 0 Å². The minimum Gasteiger partial charge on any atom is -0.481 e. The highest BCUT2D eigenvalue weighted by atomic mass is 19.4. The van der Waals surface area contributed by atoms with Crippen molar-refractivity contribution >= 4 is 17.7 Å². The Balaban J connectivity index is 4.67. The van der Waals surface area contributed by atoms with Gasteiger partial charge in [-0.1, -0.05) is 0 Å². The van der Waals surface area contributed by atoms with E-state index in [-0.39, 0.29) is 0 Å². The number of carboxylic acids is 1. The molecule has 0 saturated heterocycles. The van der Waals surface area contributed by atoms with Gasteiger partial charge in [0.25, 0.3) is 0 Å². The van der Waals surface area contributed by atoms with E-state index in [1.54, 1.807) is 0 Å². The Morgan fingerprint density at radius 3 is 2.12 bits per heavy atom. The van der Waals surface area contributed by atoms with Crippen molar-refractivity contribution < 1.29 is 37.4 Å². The first-order chi connectivity index (χ1) is 7.62. The van der Waals surface area contributed by atoms with Gasteiger partial charge in [-0.25, -0.2) is 4.79 Å². The number of hydrogen-bond donors (Lipinski definition) is 1. The molecule has 1 N–H and O–H groups in total. The highest BCUT2D eigenvalue weighted by Gasteiger charge is 2.41. The van der Waals surface area contributed by atoms with Crippen molar-refractivity contribution in [2.45, 2.75) is 25.9 Å². The van der Waals surface area contributed by atoms with E-state index in [1.807, 2.05) is 0 Å². The minimum atomic E-state index is -5.20. The van der Waals surface area contributed by atoms with Crippen molar-refractivity contribution in [1.82, 2.24) is 0 Å². The van der Waals surface area contributed by atoms with Crippen LogP contribution >= 0.6 is 0 Å². The lowest BCUT2D eigenvalue weighted by Crippen LogP contribution is -2.25. The number of halogens is 3. The van der Waals surface area contributed by atoms with Crippen molar-refractivity contribution in [2.75, 3.05) is 0 Å². The van der Waals surface area contributed by atoms with Gasteiger partial charge in [0.15, 0.2) is 5.78 Å². The monoisotopic (exact) mass is 254 g/mol. The third-order valence-electron chi connectivity index (χ3n) is 1.40. The van der Waals surface area contributed by atoms with Crippen LogP contribution in [0.25, 0.3) is 0 Å². The molecule has 0 fully saturated rings. The van der Waals surface area contributed by atoms with Crippen LogP contribution in [0, 0.1) is 0 Å². The summed E-state index contributed by atoms with van der Waals surface area (Å²) in [5, 5.41) is 8.32. The smallest absolute Gasteiger partial charge is 0.481 e. The Morgan fingerprint density at radius 1 is 1.24 bits per heavy atom. The number of allylic oxidation sites excluding steroid dienone is 2. The van der Waals surface area contributed by atoms with Crippen molar-refractivity contribution in [2.24, 2.45) is 0 Å². The second-order valence-electron chi connectivity index (χ2n) is 3.00. The molecule has 0 atom stereocenters. The first-order valence-corrected chi connectivity index (χ1v) is 4.35. The van der Waals surface area contributed by atoms with Crippen molar-refractivity contribution in [3.05, 3.63) is 11.8 Å². The molecule has 5 nitrogen and oxygen atoms in total. The molecule has 0 aromatic heterocycles. The van der Waals surface area contributed by atoms with E-state index in [2.05, 4.69) is 4.74 Å². The maximum atomic E-state index is 11.8. The van der Waals surface area contributed by atoms with E-state index in [9.17, 15) is 27.6 Å². The zero-order valence-electron chi connectivity index (χ0n) is 8.71. The van der Waals surface area contributed by atoms with Crippen LogP contribution in [0.5, 0.6) is 0 Å². The summed E-state index contributed by atoms with van der Waals surface area (Å²) in [7, 11) is 0. The number of ether oxygens (including phenoxy) is 1. The fraction of sp³-hybridized carbons (Fsp3) is 0.444. The fourth-order valence-electron chi connectivity index (χ4n) is 0.786. The third-order valence-corrected chi connectivity index (χ3v) is 1.40. The molecule has 0 aromatic carbocycles. The van der Waals surface area contributed by atoms with Gasteiger partial charge in [0.1, 0.15) is 5.76 Å². The summed E-state index contributed by atoms with van der Waals surface area (Å²) in [5.41, 5.74) is 0. The number of alkyl halides is 3. The molecule has 0 saturated carbocycles. The maximum absolute atomic E-state index is 11.8. The van der Waals surface area contributed by atoms with Crippen LogP contribution in [0.15, 0.2) is 11.8 Å². The average molecular weight is 254 g/mol. The Labute approximate surface area is 93.9 Å². The zero-order valence-corrected chi connectivity index (χ0v) is 8.71. The highest BCUT2D eigenvalue weighted by Crippen LogP contribution is 2.20. The normalized spacial score (nSPS) is 12.1. The molecule has 96 valence electrons. The lowest BCUT2D eigenvalue weighted by molar-refractivity contribution is -0.195. The Bertz CT molecular complexity index is 356. The van der Waals surface area contributed by atoms with Gasteiger partial charge in [-0.15, -0.1) is 0 Å². The summed E-state index contributed by atoms with van der Waals surface area (Å²) < 4.78 is 39.4. The predicted octanol–water partition coefficient (Wildman–Crippen LogP) is 1.43. The number of esters is 1. The van der Waals surface area contributed by atoms with E-state index in [1.165, 1.54) is 0 Å². The summed E-state index contributed by atoms with van der Waals surface area (Å²) in [4.78, 5) is 31.3. The Morgan fingerprint density at radius 2 is 1.76 bits per heavy atom. The summed E-state index contributed by atoms with van der Waals surface area (Å²) in [6, 6.07) is 0. The molecule has 0 heterocycles. The molecular weight excluding hydrogens is 245 g/mol. The van der Waals surface area contributed by atoms with E-state index in [0.717, 1.165) is 6.92 Å². The molecule has 0 bridgehead atoms. The summed E-state index contributed by atoms with van der Waals surface area (Å²) >= 11 is 0. The number of carboxylic acid groups (broad SMARTS) is 1. The topological polar surface area (TPSA) is 80.7 Å². The summed E-state index contributed by atoms with van der Waals surface area (Å²) in [5.74, 6) is -5.06. The molecular formula is C9H9F3O5. The maximum Gasteiger partial charge on any atom is 0.491 e. The number of rotatable bonds is 5. The van der Waals surface area contributed by atoms with E-state index >= 15 is 0 Å². The average Bonchev–Trinajstić information content (AvgIpc) is 2.11. The van der Waals surface area contributed by atoms with E-state index < -0.39 is 42.5 Å². The zero-order chi connectivity index (χ0) is 13.6. The van der Waals surface area contributed by atoms with Crippen LogP contribution in [0.1, 0.15) is 19.8 Å². The summed E-state index contributed by atoms with van der Waals surface area (Å²) in [6.07, 6.45) is -5.58. The molecule has 0 aromatic rings. The number of carbonyl (C=O) groups excluding carboxylic acids is 2. The number of hydrogen-bond acceptors (Lipinski definition) is 4. The minimum absolute atomic E-state index is 0.475. The van der Waals surface area contributed by atoms with Gasteiger partial charge in [-0.05, 0) is 6.92 Å². The first-order valence-electron chi connectivity index (χ1n) is 4.35. The number of carbonyl (C=O) groups is 3. The van der Waals surface area contributed by atoms with Gasteiger partial charge >= 0.3 is 18.1 Å². The molecule has 0 radical (unpaired) electrons. The van der Waals surface area contributed by atoms with Crippen LogP contribution < -0.4 is 0 Å². The van der Waals surface area contributed by atoms with Crippen molar-refractivity contribution in [3.8, 4) is 0 Å². The molecule has 0 rings (SSSR count). The number of aliphatic carboxylic acids is 1. The lowest BCUT2D eigenvalue weighted by Gasteiger charge is -2.09. The van der Waals surface area contributed by atoms with E-state index in [0.29, 0.717) is 6.08 Å². The molecule has 17 heavy (non-hydrogen) atoms. The second-order valence-corrected chi connectivity index (χ2v) is 3.00. The molecule has 0 unspecified atom stereocenters.